The van der Waals surface area contributed by atoms with E-state index >= 15 is 0 Å². The van der Waals surface area contributed by atoms with E-state index in [-0.39, 0.29) is 5.91 Å². The van der Waals surface area contributed by atoms with Gasteiger partial charge in [0, 0.05) is 20.5 Å². The van der Waals surface area contributed by atoms with Gasteiger partial charge in [-0.15, -0.1) is 11.3 Å². The topological polar surface area (TPSA) is 55.1 Å². The molecule has 0 fully saturated rings. The normalized spacial score (nSPS) is 10.8. The predicted octanol–water partition coefficient (Wildman–Crippen LogP) is 5.15. The number of nitrogen functional groups attached to an aromatic ring is 1. The second-order valence-corrected chi connectivity index (χ2v) is 6.84. The first-order chi connectivity index (χ1) is 10.0. The highest BCUT2D eigenvalue weighted by molar-refractivity contribution is 9.10. The molecule has 6 heteroatoms. The average molecular weight is 382 g/mol. The summed E-state index contributed by atoms with van der Waals surface area (Å²) in [5.74, 6) is -0.149. The summed E-state index contributed by atoms with van der Waals surface area (Å²) in [6.07, 6.45) is 0. The van der Waals surface area contributed by atoms with Crippen LogP contribution >= 0.6 is 38.9 Å². The fourth-order valence-corrected chi connectivity index (χ4v) is 3.37. The highest BCUT2D eigenvalue weighted by atomic mass is 79.9. The van der Waals surface area contributed by atoms with Gasteiger partial charge in [0.05, 0.1) is 9.90 Å². The van der Waals surface area contributed by atoms with Crippen molar-refractivity contribution >= 4 is 66.2 Å². The number of hydrogen-bond acceptors (Lipinski definition) is 3. The number of nitrogens with two attached hydrogens (primary N) is 1. The third-order valence-corrected chi connectivity index (χ3v) is 5.27. The summed E-state index contributed by atoms with van der Waals surface area (Å²) in [7, 11) is 0. The second-order valence-electron chi connectivity index (χ2n) is 4.49. The minimum atomic E-state index is -0.149. The summed E-state index contributed by atoms with van der Waals surface area (Å²) in [5.41, 5.74) is 7.13. The average Bonchev–Trinajstić information content (AvgIpc) is 2.86. The Balaban J connectivity index is 1.87. The number of hydrogen-bond donors (Lipinski definition) is 2. The molecular formula is C15H10BrClN2OS. The first-order valence-corrected chi connectivity index (χ1v) is 8.07. The minimum Gasteiger partial charge on any atom is -0.399 e. The second kappa shape index (κ2) is 5.67. The Morgan fingerprint density at radius 1 is 1.19 bits per heavy atom. The highest BCUT2D eigenvalue weighted by Gasteiger charge is 2.11. The van der Waals surface area contributed by atoms with Crippen molar-refractivity contribution in [1.29, 1.82) is 0 Å². The summed E-state index contributed by atoms with van der Waals surface area (Å²) in [6.45, 7) is 0. The zero-order chi connectivity index (χ0) is 15.0. The first-order valence-electron chi connectivity index (χ1n) is 6.08. The molecule has 0 atom stereocenters. The maximum atomic E-state index is 12.3. The summed E-state index contributed by atoms with van der Waals surface area (Å²) in [4.78, 5) is 12.9. The van der Waals surface area contributed by atoms with Gasteiger partial charge in [0.1, 0.15) is 0 Å². The van der Waals surface area contributed by atoms with Crippen LogP contribution in [0.2, 0.25) is 5.02 Å². The molecule has 0 spiro atoms. The fourth-order valence-electron chi connectivity index (χ4n) is 1.94. The number of carbonyl (C=O) groups excluding carboxylic acids is 1. The number of fused-ring (bicyclic) bond motifs is 1. The third kappa shape index (κ3) is 3.05. The van der Waals surface area contributed by atoms with Gasteiger partial charge in [-0.05, 0) is 63.8 Å². The number of halogens is 2. The van der Waals surface area contributed by atoms with E-state index in [0.29, 0.717) is 21.3 Å². The molecule has 0 saturated heterocycles. The quantitative estimate of drug-likeness (QED) is 0.603. The van der Waals surface area contributed by atoms with Crippen LogP contribution in [0.15, 0.2) is 46.9 Å². The first kappa shape index (κ1) is 14.4. The van der Waals surface area contributed by atoms with Crippen LogP contribution in [0.5, 0.6) is 0 Å². The Kier molecular flexibility index (Phi) is 3.89. The lowest BCUT2D eigenvalue weighted by Crippen LogP contribution is -2.09. The Morgan fingerprint density at radius 3 is 2.76 bits per heavy atom. The SMILES string of the molecule is Nc1ccc2sc(C(=O)Nc3ccc(Cl)c(Br)c3)cc2c1. The molecule has 0 unspecified atom stereocenters. The molecule has 0 aliphatic heterocycles. The van der Waals surface area contributed by atoms with Gasteiger partial charge in [0.15, 0.2) is 0 Å². The van der Waals surface area contributed by atoms with Crippen LogP contribution in [0.1, 0.15) is 9.67 Å². The van der Waals surface area contributed by atoms with Crippen molar-refractivity contribution in [3.63, 3.8) is 0 Å². The number of nitrogens with one attached hydrogen (secondary N) is 1. The van der Waals surface area contributed by atoms with Crippen LogP contribution in [-0.2, 0) is 0 Å². The number of anilines is 2. The maximum Gasteiger partial charge on any atom is 0.265 e. The molecule has 1 amide bonds. The predicted molar refractivity (Wildman–Crippen MR) is 93.3 cm³/mol. The summed E-state index contributed by atoms with van der Waals surface area (Å²) >= 11 is 10.7. The number of carbonyl (C=O) groups is 1. The fraction of sp³-hybridized carbons (Fsp3) is 0. The Hall–Kier alpha value is -1.56. The van der Waals surface area contributed by atoms with Gasteiger partial charge in [0.25, 0.3) is 5.91 Å². The van der Waals surface area contributed by atoms with Gasteiger partial charge in [0.2, 0.25) is 0 Å². The van der Waals surface area contributed by atoms with Crippen molar-refractivity contribution < 1.29 is 4.79 Å². The molecule has 0 saturated carbocycles. The van der Waals surface area contributed by atoms with Crippen molar-refractivity contribution in [3.8, 4) is 0 Å². The van der Waals surface area contributed by atoms with Crippen molar-refractivity contribution in [3.05, 3.63) is 56.8 Å². The number of benzene rings is 2. The molecule has 21 heavy (non-hydrogen) atoms. The molecule has 3 nitrogen and oxygen atoms in total. The third-order valence-electron chi connectivity index (χ3n) is 2.94. The lowest BCUT2D eigenvalue weighted by molar-refractivity contribution is 0.103. The van der Waals surface area contributed by atoms with Gasteiger partial charge in [-0.1, -0.05) is 11.6 Å². The maximum absolute atomic E-state index is 12.3. The zero-order valence-electron chi connectivity index (χ0n) is 10.7. The molecule has 0 aliphatic rings. The summed E-state index contributed by atoms with van der Waals surface area (Å²) in [5, 5.41) is 4.43. The van der Waals surface area contributed by atoms with Crippen LogP contribution in [0.25, 0.3) is 10.1 Å². The molecule has 2 aromatic carbocycles. The van der Waals surface area contributed by atoms with Crippen LogP contribution in [0.4, 0.5) is 11.4 Å². The van der Waals surface area contributed by atoms with Gasteiger partial charge < -0.3 is 11.1 Å². The van der Waals surface area contributed by atoms with E-state index in [1.165, 1.54) is 11.3 Å². The number of thiophene rings is 1. The molecule has 1 aromatic heterocycles. The molecule has 106 valence electrons. The molecule has 3 rings (SSSR count). The largest absolute Gasteiger partial charge is 0.399 e. The van der Waals surface area contributed by atoms with Gasteiger partial charge in [-0.25, -0.2) is 0 Å². The van der Waals surface area contributed by atoms with E-state index in [1.807, 2.05) is 24.3 Å². The lowest BCUT2D eigenvalue weighted by atomic mass is 10.2. The van der Waals surface area contributed by atoms with Crippen LogP contribution in [0.3, 0.4) is 0 Å². The van der Waals surface area contributed by atoms with E-state index in [4.69, 9.17) is 17.3 Å². The van der Waals surface area contributed by atoms with Crippen LogP contribution in [-0.4, -0.2) is 5.91 Å². The lowest BCUT2D eigenvalue weighted by Gasteiger charge is -2.04. The monoisotopic (exact) mass is 380 g/mol. The van der Waals surface area contributed by atoms with E-state index < -0.39 is 0 Å². The van der Waals surface area contributed by atoms with E-state index in [1.54, 1.807) is 18.2 Å². The molecular weight excluding hydrogens is 372 g/mol. The zero-order valence-corrected chi connectivity index (χ0v) is 13.8. The minimum absolute atomic E-state index is 0.149. The summed E-state index contributed by atoms with van der Waals surface area (Å²) in [6, 6.07) is 12.7. The number of rotatable bonds is 2. The van der Waals surface area contributed by atoms with Crippen molar-refractivity contribution in [2.75, 3.05) is 11.1 Å². The summed E-state index contributed by atoms with van der Waals surface area (Å²) < 4.78 is 1.78. The van der Waals surface area contributed by atoms with Crippen LogP contribution < -0.4 is 11.1 Å². The van der Waals surface area contributed by atoms with Gasteiger partial charge >= 0.3 is 0 Å². The Bertz CT molecular complexity index is 847. The van der Waals surface area contributed by atoms with Gasteiger partial charge in [-0.3, -0.25) is 4.79 Å². The van der Waals surface area contributed by atoms with E-state index in [0.717, 1.165) is 14.6 Å². The number of amides is 1. The highest BCUT2D eigenvalue weighted by Crippen LogP contribution is 2.29. The van der Waals surface area contributed by atoms with Crippen molar-refractivity contribution in [2.45, 2.75) is 0 Å². The Labute approximate surface area is 138 Å². The molecule has 0 bridgehead atoms. The van der Waals surface area contributed by atoms with Crippen LogP contribution in [0, 0.1) is 0 Å². The molecule has 3 N–H and O–H groups in total. The van der Waals surface area contributed by atoms with Crippen molar-refractivity contribution in [2.24, 2.45) is 0 Å². The Morgan fingerprint density at radius 2 is 2.00 bits per heavy atom. The standard InChI is InChI=1S/C15H10BrClN2OS/c16-11-7-10(2-3-12(11)17)19-15(20)14-6-8-5-9(18)1-4-13(8)21-14/h1-7H,18H2,(H,19,20). The van der Waals surface area contributed by atoms with E-state index in [2.05, 4.69) is 21.2 Å². The molecule has 3 aromatic rings. The van der Waals surface area contributed by atoms with Gasteiger partial charge in [-0.2, -0.15) is 0 Å². The molecule has 1 heterocycles. The van der Waals surface area contributed by atoms with E-state index in [9.17, 15) is 4.79 Å². The van der Waals surface area contributed by atoms with Crippen molar-refractivity contribution in [1.82, 2.24) is 0 Å². The molecule has 0 aliphatic carbocycles. The smallest absolute Gasteiger partial charge is 0.265 e. The molecule has 0 radical (unpaired) electrons.